The first kappa shape index (κ1) is 14.7. The van der Waals surface area contributed by atoms with E-state index in [0.717, 1.165) is 0 Å². The predicted octanol–water partition coefficient (Wildman–Crippen LogP) is 0.866. The lowest BCUT2D eigenvalue weighted by Crippen LogP contribution is -2.37. The third-order valence-corrected chi connectivity index (χ3v) is 4.64. The molecular formula is C13H17N3O3S. The second-order valence-electron chi connectivity index (χ2n) is 4.46. The van der Waals surface area contributed by atoms with Crippen LogP contribution in [0.4, 0.5) is 5.69 Å². The molecule has 1 aromatic heterocycles. The summed E-state index contributed by atoms with van der Waals surface area (Å²) in [6.45, 7) is 1.54. The molecular weight excluding hydrogens is 278 g/mol. The highest BCUT2D eigenvalue weighted by atomic mass is 32.2. The van der Waals surface area contributed by atoms with E-state index in [2.05, 4.69) is 9.71 Å². The molecule has 20 heavy (non-hydrogen) atoms. The summed E-state index contributed by atoms with van der Waals surface area (Å²) in [5.74, 6) is 0. The predicted molar refractivity (Wildman–Crippen MR) is 77.6 cm³/mol. The number of nitrogens with zero attached hydrogens (tertiary/aromatic N) is 1. The largest absolute Gasteiger partial charge is 0.398 e. The van der Waals surface area contributed by atoms with Crippen molar-refractivity contribution in [1.29, 1.82) is 0 Å². The highest BCUT2D eigenvalue weighted by Crippen LogP contribution is 2.25. The number of nitrogens with two attached hydrogens (primary N) is 1. The molecule has 0 aliphatic carbocycles. The van der Waals surface area contributed by atoms with E-state index in [0.29, 0.717) is 23.0 Å². The summed E-state index contributed by atoms with van der Waals surface area (Å²) in [5.41, 5.74) is 6.63. The number of aromatic nitrogens is 1. The Bertz CT molecular complexity index is 712. The van der Waals surface area contributed by atoms with Crippen molar-refractivity contribution in [3.8, 4) is 0 Å². The average molecular weight is 295 g/mol. The number of aliphatic hydroxyl groups excluding tert-OH is 1. The Morgan fingerprint density at radius 3 is 2.80 bits per heavy atom. The molecule has 4 N–H and O–H groups in total. The Morgan fingerprint density at radius 2 is 2.15 bits per heavy atom. The Kier molecular flexibility index (Phi) is 4.22. The fourth-order valence-corrected chi connectivity index (χ4v) is 3.39. The Hall–Kier alpha value is -1.70. The molecule has 0 saturated carbocycles. The van der Waals surface area contributed by atoms with Crippen LogP contribution in [0.2, 0.25) is 0 Å². The molecule has 0 saturated heterocycles. The molecule has 0 fully saturated rings. The van der Waals surface area contributed by atoms with Crippen LogP contribution in [0, 0.1) is 0 Å². The Labute approximate surface area is 117 Å². The molecule has 0 aliphatic heterocycles. The quantitative estimate of drug-likeness (QED) is 0.710. The van der Waals surface area contributed by atoms with Gasteiger partial charge in [0, 0.05) is 23.3 Å². The van der Waals surface area contributed by atoms with Gasteiger partial charge in [-0.25, -0.2) is 13.1 Å². The zero-order chi connectivity index (χ0) is 14.8. The molecule has 0 unspecified atom stereocenters. The van der Waals surface area contributed by atoms with E-state index in [-0.39, 0.29) is 11.5 Å². The van der Waals surface area contributed by atoms with Crippen LogP contribution in [0.25, 0.3) is 10.9 Å². The van der Waals surface area contributed by atoms with E-state index in [4.69, 9.17) is 10.8 Å². The first-order chi connectivity index (χ1) is 9.49. The van der Waals surface area contributed by atoms with E-state index in [1.165, 1.54) is 12.3 Å². The number of rotatable bonds is 5. The third-order valence-electron chi connectivity index (χ3n) is 3.09. The van der Waals surface area contributed by atoms with Crippen molar-refractivity contribution in [2.75, 3.05) is 12.3 Å². The van der Waals surface area contributed by atoms with Gasteiger partial charge in [0.1, 0.15) is 4.90 Å². The Morgan fingerprint density at radius 1 is 1.40 bits per heavy atom. The van der Waals surface area contributed by atoms with Gasteiger partial charge in [0.15, 0.2) is 0 Å². The maximum Gasteiger partial charge on any atom is 0.243 e. The number of aliphatic hydroxyl groups is 1. The van der Waals surface area contributed by atoms with Crippen molar-refractivity contribution < 1.29 is 13.5 Å². The van der Waals surface area contributed by atoms with Crippen LogP contribution < -0.4 is 10.5 Å². The summed E-state index contributed by atoms with van der Waals surface area (Å²) in [5, 5.41) is 9.72. The van der Waals surface area contributed by atoms with Crippen molar-refractivity contribution in [3.05, 3.63) is 30.5 Å². The van der Waals surface area contributed by atoms with Crippen molar-refractivity contribution >= 4 is 26.6 Å². The molecule has 0 amide bonds. The molecule has 6 nitrogen and oxygen atoms in total. The SMILES string of the molecule is CC[C@@H](CO)NS(=O)(=O)c1ccc(N)c2cccnc12. The average Bonchev–Trinajstić information content (AvgIpc) is 2.45. The number of nitrogen functional groups attached to an aromatic ring is 1. The van der Waals surface area contributed by atoms with Crippen LogP contribution in [-0.2, 0) is 10.0 Å². The number of hydrogen-bond donors (Lipinski definition) is 3. The lowest BCUT2D eigenvalue weighted by molar-refractivity contribution is 0.254. The first-order valence-corrected chi connectivity index (χ1v) is 7.74. The number of anilines is 1. The van der Waals surface area contributed by atoms with Gasteiger partial charge in [-0.1, -0.05) is 6.92 Å². The van der Waals surface area contributed by atoms with Crippen LogP contribution in [0.15, 0.2) is 35.4 Å². The highest BCUT2D eigenvalue weighted by molar-refractivity contribution is 7.89. The molecule has 1 aromatic carbocycles. The molecule has 7 heteroatoms. The molecule has 0 aliphatic rings. The smallest absolute Gasteiger partial charge is 0.243 e. The van der Waals surface area contributed by atoms with Crippen LogP contribution >= 0.6 is 0 Å². The summed E-state index contributed by atoms with van der Waals surface area (Å²) in [6.07, 6.45) is 2.01. The first-order valence-electron chi connectivity index (χ1n) is 6.26. The summed E-state index contributed by atoms with van der Waals surface area (Å²) in [6, 6.07) is 5.87. The van der Waals surface area contributed by atoms with Crippen molar-refractivity contribution in [2.45, 2.75) is 24.3 Å². The van der Waals surface area contributed by atoms with Gasteiger partial charge in [-0.15, -0.1) is 0 Å². The maximum absolute atomic E-state index is 12.4. The van der Waals surface area contributed by atoms with Gasteiger partial charge < -0.3 is 10.8 Å². The van der Waals surface area contributed by atoms with Crippen LogP contribution in [0.3, 0.4) is 0 Å². The zero-order valence-electron chi connectivity index (χ0n) is 11.1. The van der Waals surface area contributed by atoms with Gasteiger partial charge >= 0.3 is 0 Å². The Balaban J connectivity index is 2.55. The third kappa shape index (κ3) is 2.74. The number of fused-ring (bicyclic) bond motifs is 1. The summed E-state index contributed by atoms with van der Waals surface area (Å²) in [4.78, 5) is 4.17. The standard InChI is InChI=1S/C13H17N3O3S/c1-2-9(8-17)16-20(18,19)12-6-5-11(14)10-4-3-7-15-13(10)12/h3-7,9,16-17H,2,8,14H2,1H3/t9-/m0/s1. The van der Waals surface area contributed by atoms with Crippen molar-refractivity contribution in [2.24, 2.45) is 0 Å². The zero-order valence-corrected chi connectivity index (χ0v) is 11.9. The lowest BCUT2D eigenvalue weighted by atomic mass is 10.2. The minimum absolute atomic E-state index is 0.0641. The fourth-order valence-electron chi connectivity index (χ4n) is 1.92. The fraction of sp³-hybridized carbons (Fsp3) is 0.308. The molecule has 2 aromatic rings. The van der Waals surface area contributed by atoms with Gasteiger partial charge in [0.2, 0.25) is 10.0 Å². The van der Waals surface area contributed by atoms with Gasteiger partial charge in [-0.2, -0.15) is 0 Å². The molecule has 0 radical (unpaired) electrons. The topological polar surface area (TPSA) is 105 Å². The van der Waals surface area contributed by atoms with E-state index in [1.807, 2.05) is 0 Å². The highest BCUT2D eigenvalue weighted by Gasteiger charge is 2.22. The van der Waals surface area contributed by atoms with Gasteiger partial charge in [-0.05, 0) is 30.7 Å². The number of nitrogens with one attached hydrogen (secondary N) is 1. The number of pyridine rings is 1. The van der Waals surface area contributed by atoms with Crippen molar-refractivity contribution in [1.82, 2.24) is 9.71 Å². The van der Waals surface area contributed by atoms with E-state index >= 15 is 0 Å². The number of hydrogen-bond acceptors (Lipinski definition) is 5. The summed E-state index contributed by atoms with van der Waals surface area (Å²) in [7, 11) is -3.76. The second kappa shape index (κ2) is 5.74. The molecule has 0 spiro atoms. The maximum atomic E-state index is 12.4. The number of sulfonamides is 1. The molecule has 1 heterocycles. The number of benzene rings is 1. The molecule has 108 valence electrons. The van der Waals surface area contributed by atoms with Gasteiger partial charge in [0.25, 0.3) is 0 Å². The van der Waals surface area contributed by atoms with Crippen LogP contribution in [0.5, 0.6) is 0 Å². The van der Waals surface area contributed by atoms with Gasteiger partial charge in [0.05, 0.1) is 12.1 Å². The molecule has 0 bridgehead atoms. The van der Waals surface area contributed by atoms with Crippen molar-refractivity contribution in [3.63, 3.8) is 0 Å². The lowest BCUT2D eigenvalue weighted by Gasteiger charge is -2.15. The normalized spacial score (nSPS) is 13.5. The second-order valence-corrected chi connectivity index (χ2v) is 6.14. The summed E-state index contributed by atoms with van der Waals surface area (Å²) >= 11 is 0. The van der Waals surface area contributed by atoms with Crippen LogP contribution in [0.1, 0.15) is 13.3 Å². The minimum Gasteiger partial charge on any atom is -0.398 e. The van der Waals surface area contributed by atoms with E-state index in [1.54, 1.807) is 25.1 Å². The van der Waals surface area contributed by atoms with Gasteiger partial charge in [-0.3, -0.25) is 4.98 Å². The monoisotopic (exact) mass is 295 g/mol. The molecule has 2 rings (SSSR count). The van der Waals surface area contributed by atoms with E-state index in [9.17, 15) is 8.42 Å². The van der Waals surface area contributed by atoms with Crippen LogP contribution in [-0.4, -0.2) is 31.2 Å². The minimum atomic E-state index is -3.76. The summed E-state index contributed by atoms with van der Waals surface area (Å²) < 4.78 is 27.2. The molecule has 1 atom stereocenters. The van der Waals surface area contributed by atoms with E-state index < -0.39 is 16.1 Å².